The van der Waals surface area contributed by atoms with Gasteiger partial charge in [-0.25, -0.2) is 9.18 Å². The molecule has 0 aromatic heterocycles. The Morgan fingerprint density at radius 2 is 2.17 bits per heavy atom. The van der Waals surface area contributed by atoms with Gasteiger partial charge in [0.15, 0.2) is 0 Å². The minimum Gasteiger partial charge on any atom is -0.378 e. The Morgan fingerprint density at radius 1 is 1.39 bits per heavy atom. The second kappa shape index (κ2) is 7.05. The van der Waals surface area contributed by atoms with Gasteiger partial charge in [-0.05, 0) is 56.2 Å². The zero-order chi connectivity index (χ0) is 16.4. The van der Waals surface area contributed by atoms with Crippen molar-refractivity contribution in [3.8, 4) is 0 Å². The Morgan fingerprint density at radius 3 is 2.87 bits per heavy atom. The quantitative estimate of drug-likeness (QED) is 0.876. The van der Waals surface area contributed by atoms with Crippen LogP contribution in [0.4, 0.5) is 9.18 Å². The van der Waals surface area contributed by atoms with Gasteiger partial charge < -0.3 is 15.4 Å². The summed E-state index contributed by atoms with van der Waals surface area (Å²) in [5.41, 5.74) is 0.685. The number of hydrogen-bond acceptors (Lipinski definition) is 2. The molecule has 3 atom stereocenters. The van der Waals surface area contributed by atoms with Crippen LogP contribution in [0, 0.1) is 11.7 Å². The molecule has 0 bridgehead atoms. The smallest absolute Gasteiger partial charge is 0.315 e. The van der Waals surface area contributed by atoms with E-state index < -0.39 is 5.82 Å². The highest BCUT2D eigenvalue weighted by Crippen LogP contribution is 2.38. The number of halogens is 2. The van der Waals surface area contributed by atoms with Crippen molar-refractivity contribution in [3.63, 3.8) is 0 Å². The van der Waals surface area contributed by atoms with Gasteiger partial charge >= 0.3 is 6.03 Å². The van der Waals surface area contributed by atoms with E-state index in [1.165, 1.54) is 25.0 Å². The zero-order valence-corrected chi connectivity index (χ0v) is 13.9. The molecule has 1 aliphatic heterocycles. The summed E-state index contributed by atoms with van der Waals surface area (Å²) in [5.74, 6) is 0.202. The fourth-order valence-corrected chi connectivity index (χ4v) is 3.16. The highest BCUT2D eigenvalue weighted by molar-refractivity contribution is 6.30. The predicted molar refractivity (Wildman–Crippen MR) is 87.0 cm³/mol. The fraction of sp³-hybridized carbons (Fsp3) is 0.588. The van der Waals surface area contributed by atoms with Crippen LogP contribution < -0.4 is 10.6 Å². The molecular formula is C17H22ClFN2O2. The standard InChI is InChI=1S/C17H22ClFN2O2/c1-10(12-4-5-14(18)15(19)8-12)20-17(22)21-13-6-7-23-16(9-13)11-2-3-11/h4-5,8,10-11,13,16H,2-3,6-7,9H2,1H3,(H2,20,21,22)/t10-,13+,16+/m0/s1. The normalized spacial score (nSPS) is 25.7. The highest BCUT2D eigenvalue weighted by atomic mass is 35.5. The fourth-order valence-electron chi connectivity index (χ4n) is 3.04. The number of hydrogen-bond donors (Lipinski definition) is 2. The Balaban J connectivity index is 1.50. The molecule has 4 nitrogen and oxygen atoms in total. The molecule has 23 heavy (non-hydrogen) atoms. The van der Waals surface area contributed by atoms with Crippen molar-refractivity contribution in [2.24, 2.45) is 5.92 Å². The van der Waals surface area contributed by atoms with E-state index in [0.717, 1.165) is 12.8 Å². The van der Waals surface area contributed by atoms with Crippen LogP contribution in [0.2, 0.25) is 5.02 Å². The summed E-state index contributed by atoms with van der Waals surface area (Å²) >= 11 is 5.68. The summed E-state index contributed by atoms with van der Waals surface area (Å²) in [5, 5.41) is 5.94. The van der Waals surface area contributed by atoms with Gasteiger partial charge in [-0.1, -0.05) is 17.7 Å². The summed E-state index contributed by atoms with van der Waals surface area (Å²) in [4.78, 5) is 12.2. The third-order valence-corrected chi connectivity index (χ3v) is 4.90. The van der Waals surface area contributed by atoms with E-state index in [-0.39, 0.29) is 29.2 Å². The van der Waals surface area contributed by atoms with Crippen LogP contribution >= 0.6 is 11.6 Å². The molecule has 2 amide bonds. The molecule has 2 fully saturated rings. The lowest BCUT2D eigenvalue weighted by atomic mass is 10.0. The van der Waals surface area contributed by atoms with Crippen LogP contribution in [-0.2, 0) is 4.74 Å². The van der Waals surface area contributed by atoms with Crippen LogP contribution in [0.3, 0.4) is 0 Å². The van der Waals surface area contributed by atoms with Gasteiger partial charge in [-0.2, -0.15) is 0 Å². The van der Waals surface area contributed by atoms with Gasteiger partial charge in [0.25, 0.3) is 0 Å². The molecule has 0 radical (unpaired) electrons. The van der Waals surface area contributed by atoms with Gasteiger partial charge in [0, 0.05) is 12.6 Å². The second-order valence-electron chi connectivity index (χ2n) is 6.48. The maximum atomic E-state index is 13.5. The van der Waals surface area contributed by atoms with E-state index in [1.54, 1.807) is 6.07 Å². The minimum absolute atomic E-state index is 0.0822. The van der Waals surface area contributed by atoms with E-state index in [1.807, 2.05) is 6.92 Å². The second-order valence-corrected chi connectivity index (χ2v) is 6.89. The Labute approximate surface area is 140 Å². The van der Waals surface area contributed by atoms with Crippen molar-refractivity contribution in [2.45, 2.75) is 50.8 Å². The molecular weight excluding hydrogens is 319 g/mol. The first-order chi connectivity index (χ1) is 11.0. The van der Waals surface area contributed by atoms with Crippen molar-refractivity contribution in [1.82, 2.24) is 10.6 Å². The Kier molecular flexibility index (Phi) is 5.07. The molecule has 2 N–H and O–H groups in total. The summed E-state index contributed by atoms with van der Waals surface area (Å²) in [6.07, 6.45) is 4.48. The molecule has 1 saturated carbocycles. The third kappa shape index (κ3) is 4.36. The largest absolute Gasteiger partial charge is 0.378 e. The lowest BCUT2D eigenvalue weighted by Crippen LogP contribution is -2.47. The van der Waals surface area contributed by atoms with Gasteiger partial charge in [-0.3, -0.25) is 0 Å². The molecule has 1 heterocycles. The monoisotopic (exact) mass is 340 g/mol. The van der Waals surface area contributed by atoms with Crippen LogP contribution in [-0.4, -0.2) is 24.8 Å². The van der Waals surface area contributed by atoms with E-state index in [4.69, 9.17) is 16.3 Å². The van der Waals surface area contributed by atoms with Crippen molar-refractivity contribution in [1.29, 1.82) is 0 Å². The first-order valence-electron chi connectivity index (χ1n) is 8.16. The topological polar surface area (TPSA) is 50.4 Å². The van der Waals surface area contributed by atoms with E-state index in [9.17, 15) is 9.18 Å². The first kappa shape index (κ1) is 16.5. The SMILES string of the molecule is C[C@H](NC(=O)N[C@@H]1CCO[C@@H](C2CC2)C1)c1ccc(Cl)c(F)c1. The van der Waals surface area contributed by atoms with Crippen molar-refractivity contribution in [3.05, 3.63) is 34.6 Å². The maximum Gasteiger partial charge on any atom is 0.315 e. The molecule has 3 rings (SSSR count). The average Bonchev–Trinajstić information content (AvgIpc) is 3.35. The van der Waals surface area contributed by atoms with Crippen LogP contribution in [0.5, 0.6) is 0 Å². The minimum atomic E-state index is -0.477. The highest BCUT2D eigenvalue weighted by Gasteiger charge is 2.36. The first-order valence-corrected chi connectivity index (χ1v) is 8.54. The third-order valence-electron chi connectivity index (χ3n) is 4.59. The predicted octanol–water partition coefficient (Wildman–Crippen LogP) is 3.80. The van der Waals surface area contributed by atoms with Gasteiger partial charge in [0.1, 0.15) is 5.82 Å². The van der Waals surface area contributed by atoms with Gasteiger partial charge in [0.05, 0.1) is 17.2 Å². The Hall–Kier alpha value is -1.33. The van der Waals surface area contributed by atoms with Crippen LogP contribution in [0.1, 0.15) is 44.2 Å². The molecule has 2 aliphatic rings. The number of nitrogens with one attached hydrogen (secondary N) is 2. The number of benzene rings is 1. The number of amides is 2. The molecule has 1 saturated heterocycles. The molecule has 126 valence electrons. The van der Waals surface area contributed by atoms with Crippen molar-refractivity contribution < 1.29 is 13.9 Å². The van der Waals surface area contributed by atoms with Crippen molar-refractivity contribution in [2.75, 3.05) is 6.61 Å². The molecule has 1 aromatic rings. The molecule has 1 aromatic carbocycles. The lowest BCUT2D eigenvalue weighted by molar-refractivity contribution is -0.00917. The lowest BCUT2D eigenvalue weighted by Gasteiger charge is -2.30. The van der Waals surface area contributed by atoms with Gasteiger partial charge in [-0.15, -0.1) is 0 Å². The molecule has 0 unspecified atom stereocenters. The van der Waals surface area contributed by atoms with Gasteiger partial charge in [0.2, 0.25) is 0 Å². The summed E-state index contributed by atoms with van der Waals surface area (Å²) in [7, 11) is 0. The van der Waals surface area contributed by atoms with Crippen LogP contribution in [0.25, 0.3) is 0 Å². The van der Waals surface area contributed by atoms with E-state index >= 15 is 0 Å². The summed E-state index contributed by atoms with van der Waals surface area (Å²) in [6.45, 7) is 2.52. The zero-order valence-electron chi connectivity index (χ0n) is 13.1. The summed E-state index contributed by atoms with van der Waals surface area (Å²) < 4.78 is 19.3. The molecule has 0 spiro atoms. The number of carbonyl (C=O) groups excluding carboxylic acids is 1. The number of rotatable bonds is 4. The Bertz CT molecular complexity index is 580. The maximum absolute atomic E-state index is 13.5. The summed E-state index contributed by atoms with van der Waals surface area (Å²) in [6, 6.07) is 4.19. The van der Waals surface area contributed by atoms with E-state index in [2.05, 4.69) is 10.6 Å². The van der Waals surface area contributed by atoms with Crippen molar-refractivity contribution >= 4 is 17.6 Å². The number of carbonyl (C=O) groups is 1. The molecule has 6 heteroatoms. The van der Waals surface area contributed by atoms with Crippen LogP contribution in [0.15, 0.2) is 18.2 Å². The molecule has 1 aliphatic carbocycles. The van der Waals surface area contributed by atoms with E-state index in [0.29, 0.717) is 18.1 Å². The number of urea groups is 1. The average molecular weight is 341 g/mol. The number of ether oxygens (including phenoxy) is 1.